The lowest BCUT2D eigenvalue weighted by Gasteiger charge is -2.27. The van der Waals surface area contributed by atoms with Gasteiger partial charge in [-0.05, 0) is 12.1 Å². The molecule has 3 heterocycles. The number of hydrogen-bond acceptors (Lipinski definition) is 5. The summed E-state index contributed by atoms with van der Waals surface area (Å²) in [7, 11) is 0. The van der Waals surface area contributed by atoms with E-state index in [1.54, 1.807) is 12.4 Å². The van der Waals surface area contributed by atoms with Crippen LogP contribution < -0.4 is 4.90 Å². The number of carbonyl (C=O) groups is 1. The molecule has 0 bridgehead atoms. The van der Waals surface area contributed by atoms with Gasteiger partial charge in [0.15, 0.2) is 5.82 Å². The van der Waals surface area contributed by atoms with Gasteiger partial charge in [-0.25, -0.2) is 9.97 Å². The summed E-state index contributed by atoms with van der Waals surface area (Å²) >= 11 is 0. The van der Waals surface area contributed by atoms with Crippen molar-refractivity contribution in [3.05, 3.63) is 60.9 Å². The third-order valence-corrected chi connectivity index (χ3v) is 4.35. The molecule has 124 valence electrons. The second-order valence-electron chi connectivity index (χ2n) is 6.07. The van der Waals surface area contributed by atoms with E-state index in [0.717, 1.165) is 22.6 Å². The number of benzene rings is 1. The zero-order valence-corrected chi connectivity index (χ0v) is 13.8. The zero-order valence-electron chi connectivity index (χ0n) is 13.8. The smallest absolute Gasteiger partial charge is 0.162 e. The van der Waals surface area contributed by atoms with Crippen molar-refractivity contribution in [1.29, 1.82) is 0 Å². The van der Waals surface area contributed by atoms with Gasteiger partial charge in [0.25, 0.3) is 0 Å². The van der Waals surface area contributed by atoms with Crippen molar-refractivity contribution < 1.29 is 4.79 Å². The fourth-order valence-corrected chi connectivity index (χ4v) is 2.96. The number of anilines is 1. The number of aromatic nitrogens is 3. The van der Waals surface area contributed by atoms with Gasteiger partial charge < -0.3 is 4.90 Å². The first kappa shape index (κ1) is 15.4. The van der Waals surface area contributed by atoms with Crippen molar-refractivity contribution in [2.75, 3.05) is 18.0 Å². The van der Waals surface area contributed by atoms with Gasteiger partial charge in [-0.1, -0.05) is 30.3 Å². The van der Waals surface area contributed by atoms with E-state index in [1.807, 2.05) is 48.5 Å². The molecular weight excluding hydrogens is 312 g/mol. The largest absolute Gasteiger partial charge is 0.356 e. The molecule has 0 atom stereocenters. The lowest BCUT2D eigenvalue weighted by atomic mass is 10.1. The van der Waals surface area contributed by atoms with Gasteiger partial charge in [0.2, 0.25) is 0 Å². The van der Waals surface area contributed by atoms with Crippen LogP contribution in [0, 0.1) is 0 Å². The van der Waals surface area contributed by atoms with E-state index in [9.17, 15) is 4.79 Å². The van der Waals surface area contributed by atoms with E-state index >= 15 is 0 Å². The van der Waals surface area contributed by atoms with E-state index < -0.39 is 0 Å². The average Bonchev–Trinajstić information content (AvgIpc) is 2.69. The van der Waals surface area contributed by atoms with Gasteiger partial charge in [0.05, 0.1) is 5.69 Å². The highest BCUT2D eigenvalue weighted by molar-refractivity contribution is 5.81. The predicted molar refractivity (Wildman–Crippen MR) is 97.2 cm³/mol. The molecule has 1 fully saturated rings. The molecule has 1 aromatic carbocycles. The second kappa shape index (κ2) is 6.81. The van der Waals surface area contributed by atoms with Crippen molar-refractivity contribution in [1.82, 2.24) is 15.0 Å². The van der Waals surface area contributed by atoms with E-state index in [-0.39, 0.29) is 0 Å². The molecule has 1 saturated heterocycles. The quantitative estimate of drug-likeness (QED) is 0.737. The third-order valence-electron chi connectivity index (χ3n) is 4.35. The molecule has 0 unspecified atom stereocenters. The summed E-state index contributed by atoms with van der Waals surface area (Å²) in [6.07, 6.45) is 4.71. The SMILES string of the molecule is O=C1CCN(c2cc(-c3cccnc3)nc(-c3ccccc3)n2)CC1. The standard InChI is InChI=1S/C20H18N4O/c25-17-8-11-24(12-9-17)19-13-18(16-7-4-10-21-14-16)22-20(23-19)15-5-2-1-3-6-15/h1-7,10,13-14H,8-9,11-12H2. The molecule has 1 aliphatic rings. The molecule has 0 saturated carbocycles. The van der Waals surface area contributed by atoms with E-state index in [2.05, 4.69) is 9.88 Å². The Labute approximate surface area is 146 Å². The van der Waals surface area contributed by atoms with Crippen LogP contribution in [0.5, 0.6) is 0 Å². The van der Waals surface area contributed by atoms with Crippen LogP contribution in [0.15, 0.2) is 60.9 Å². The Morgan fingerprint density at radius 1 is 0.880 bits per heavy atom. The van der Waals surface area contributed by atoms with Crippen LogP contribution in [0.2, 0.25) is 0 Å². The normalized spacial score (nSPS) is 14.6. The molecule has 2 aromatic heterocycles. The first-order valence-corrected chi connectivity index (χ1v) is 8.41. The summed E-state index contributed by atoms with van der Waals surface area (Å²) in [4.78, 5) is 27.4. The molecule has 3 aromatic rings. The highest BCUT2D eigenvalue weighted by atomic mass is 16.1. The summed E-state index contributed by atoms with van der Waals surface area (Å²) in [5, 5.41) is 0. The molecule has 0 radical (unpaired) electrons. The predicted octanol–water partition coefficient (Wildman–Crippen LogP) is 3.37. The van der Waals surface area contributed by atoms with Crippen molar-refractivity contribution >= 4 is 11.6 Å². The summed E-state index contributed by atoms with van der Waals surface area (Å²) in [6.45, 7) is 1.41. The number of hydrogen-bond donors (Lipinski definition) is 0. The molecule has 4 rings (SSSR count). The fraction of sp³-hybridized carbons (Fsp3) is 0.200. The van der Waals surface area contributed by atoms with Gasteiger partial charge in [-0.3, -0.25) is 9.78 Å². The number of pyridine rings is 1. The Morgan fingerprint density at radius 2 is 1.64 bits per heavy atom. The van der Waals surface area contributed by atoms with Crippen LogP contribution in [0.4, 0.5) is 5.82 Å². The van der Waals surface area contributed by atoms with Gasteiger partial charge in [-0.2, -0.15) is 0 Å². The minimum absolute atomic E-state index is 0.320. The number of ketones is 1. The van der Waals surface area contributed by atoms with Crippen LogP contribution in [0.1, 0.15) is 12.8 Å². The van der Waals surface area contributed by atoms with Crippen LogP contribution in [-0.4, -0.2) is 33.8 Å². The molecule has 5 heteroatoms. The summed E-state index contributed by atoms with van der Waals surface area (Å²) in [5.74, 6) is 1.87. The zero-order chi connectivity index (χ0) is 17.1. The van der Waals surface area contributed by atoms with E-state index in [4.69, 9.17) is 9.97 Å². The number of Topliss-reactive ketones (excluding diaryl/α,β-unsaturated/α-hetero) is 1. The van der Waals surface area contributed by atoms with Crippen LogP contribution >= 0.6 is 0 Å². The number of nitrogens with zero attached hydrogens (tertiary/aromatic N) is 4. The molecule has 1 aliphatic heterocycles. The lowest BCUT2D eigenvalue weighted by Crippen LogP contribution is -2.34. The van der Waals surface area contributed by atoms with Crippen LogP contribution in [0.25, 0.3) is 22.6 Å². The van der Waals surface area contributed by atoms with Crippen molar-refractivity contribution in [3.63, 3.8) is 0 Å². The summed E-state index contributed by atoms with van der Waals surface area (Å²) in [6, 6.07) is 15.8. The molecule has 5 nitrogen and oxygen atoms in total. The van der Waals surface area contributed by atoms with Crippen LogP contribution in [-0.2, 0) is 4.79 Å². The Balaban J connectivity index is 1.79. The molecule has 0 amide bonds. The minimum atomic E-state index is 0.320. The average molecular weight is 330 g/mol. The second-order valence-corrected chi connectivity index (χ2v) is 6.07. The maximum Gasteiger partial charge on any atom is 0.162 e. The lowest BCUT2D eigenvalue weighted by molar-refractivity contribution is -0.119. The maximum atomic E-state index is 11.5. The number of piperidine rings is 1. The molecule has 25 heavy (non-hydrogen) atoms. The van der Waals surface area contributed by atoms with E-state index in [0.29, 0.717) is 37.5 Å². The van der Waals surface area contributed by atoms with Crippen molar-refractivity contribution in [2.45, 2.75) is 12.8 Å². The summed E-state index contributed by atoms with van der Waals surface area (Å²) < 4.78 is 0. The number of carbonyl (C=O) groups excluding carboxylic acids is 1. The van der Waals surface area contributed by atoms with Gasteiger partial charge in [0, 0.05) is 55.5 Å². The molecular formula is C20H18N4O. The Kier molecular flexibility index (Phi) is 4.21. The minimum Gasteiger partial charge on any atom is -0.356 e. The monoisotopic (exact) mass is 330 g/mol. The van der Waals surface area contributed by atoms with Gasteiger partial charge >= 0.3 is 0 Å². The Hall–Kier alpha value is -3.08. The highest BCUT2D eigenvalue weighted by Gasteiger charge is 2.19. The first-order chi connectivity index (χ1) is 12.3. The van der Waals surface area contributed by atoms with E-state index in [1.165, 1.54) is 0 Å². The fourth-order valence-electron chi connectivity index (χ4n) is 2.96. The van der Waals surface area contributed by atoms with Crippen molar-refractivity contribution in [2.24, 2.45) is 0 Å². The van der Waals surface area contributed by atoms with Crippen molar-refractivity contribution in [3.8, 4) is 22.6 Å². The van der Waals surface area contributed by atoms with Crippen LogP contribution in [0.3, 0.4) is 0 Å². The maximum absolute atomic E-state index is 11.5. The first-order valence-electron chi connectivity index (χ1n) is 8.41. The molecule has 0 aliphatic carbocycles. The highest BCUT2D eigenvalue weighted by Crippen LogP contribution is 2.26. The topological polar surface area (TPSA) is 59.0 Å². The molecule has 0 spiro atoms. The van der Waals surface area contributed by atoms with Gasteiger partial charge in [-0.15, -0.1) is 0 Å². The molecule has 0 N–H and O–H groups in total. The third kappa shape index (κ3) is 3.40. The van der Waals surface area contributed by atoms with Gasteiger partial charge in [0.1, 0.15) is 11.6 Å². The Bertz CT molecular complexity index is 813. The Morgan fingerprint density at radius 3 is 2.36 bits per heavy atom. The summed E-state index contributed by atoms with van der Waals surface area (Å²) in [5.41, 5.74) is 2.77. The number of rotatable bonds is 3.